The second kappa shape index (κ2) is 4.45. The van der Waals surface area contributed by atoms with Gasteiger partial charge in [0.2, 0.25) is 0 Å². The number of hydrogen-bond acceptors (Lipinski definition) is 5. The summed E-state index contributed by atoms with van der Waals surface area (Å²) in [6.07, 6.45) is 1.72. The number of fused-ring (bicyclic) bond motifs is 3. The van der Waals surface area contributed by atoms with Crippen molar-refractivity contribution in [1.29, 1.82) is 0 Å². The van der Waals surface area contributed by atoms with Crippen molar-refractivity contribution < 1.29 is 0 Å². The second-order valence-electron chi connectivity index (χ2n) is 5.13. The van der Waals surface area contributed by atoms with Gasteiger partial charge in [-0.15, -0.1) is 15.3 Å². The van der Waals surface area contributed by atoms with Crippen LogP contribution in [0.5, 0.6) is 0 Å². The summed E-state index contributed by atoms with van der Waals surface area (Å²) in [4.78, 5) is 16.8. The van der Waals surface area contributed by atoms with E-state index in [9.17, 15) is 4.79 Å². The van der Waals surface area contributed by atoms with E-state index in [0.717, 1.165) is 11.3 Å². The Morgan fingerprint density at radius 2 is 1.95 bits per heavy atom. The van der Waals surface area contributed by atoms with E-state index in [1.54, 1.807) is 28.3 Å². The Labute approximate surface area is 124 Å². The molecule has 3 heterocycles. The van der Waals surface area contributed by atoms with Crippen molar-refractivity contribution >= 4 is 16.8 Å². The van der Waals surface area contributed by atoms with Crippen LogP contribution in [0.4, 0.5) is 0 Å². The monoisotopic (exact) mass is 292 g/mol. The first-order valence-corrected chi connectivity index (χ1v) is 6.82. The third-order valence-electron chi connectivity index (χ3n) is 3.49. The molecule has 0 N–H and O–H groups in total. The summed E-state index contributed by atoms with van der Waals surface area (Å²) in [5.41, 5.74) is 2.51. The Kier molecular flexibility index (Phi) is 2.56. The Hall–Kier alpha value is -3.09. The molecule has 0 aliphatic rings. The van der Waals surface area contributed by atoms with Gasteiger partial charge in [-0.3, -0.25) is 9.36 Å². The summed E-state index contributed by atoms with van der Waals surface area (Å²) in [7, 11) is 0. The maximum absolute atomic E-state index is 12.7. The highest BCUT2D eigenvalue weighted by atomic mass is 16.1. The zero-order valence-electron chi connectivity index (χ0n) is 12.1. The normalized spacial score (nSPS) is 11.4. The van der Waals surface area contributed by atoms with Gasteiger partial charge in [0.05, 0.1) is 0 Å². The van der Waals surface area contributed by atoms with Gasteiger partial charge in [0.25, 0.3) is 11.3 Å². The predicted octanol–water partition coefficient (Wildman–Crippen LogP) is 1.44. The molecule has 3 aromatic heterocycles. The van der Waals surface area contributed by atoms with Crippen molar-refractivity contribution in [2.75, 3.05) is 0 Å². The molecule has 1 aromatic carbocycles. The largest absolute Gasteiger partial charge is 0.285 e. The standard InChI is InChI=1S/C15H12N6O/c1-9-4-3-5-11(8-9)20-7-6-12-13(14(20)22)17-18-15-16-10(2)19-21(12)15/h3-8H,1-2H3. The van der Waals surface area contributed by atoms with Crippen molar-refractivity contribution in [1.82, 2.24) is 29.4 Å². The first-order chi connectivity index (χ1) is 10.6. The van der Waals surface area contributed by atoms with E-state index in [2.05, 4.69) is 20.3 Å². The van der Waals surface area contributed by atoms with Crippen molar-refractivity contribution in [2.24, 2.45) is 0 Å². The van der Waals surface area contributed by atoms with Crippen LogP contribution in [0.25, 0.3) is 22.5 Å². The van der Waals surface area contributed by atoms with Gasteiger partial charge in [0, 0.05) is 11.9 Å². The highest BCUT2D eigenvalue weighted by molar-refractivity contribution is 5.74. The predicted molar refractivity (Wildman–Crippen MR) is 81.2 cm³/mol. The van der Waals surface area contributed by atoms with Crippen LogP contribution in [-0.2, 0) is 0 Å². The van der Waals surface area contributed by atoms with Crippen molar-refractivity contribution in [3.63, 3.8) is 0 Å². The Morgan fingerprint density at radius 3 is 2.77 bits per heavy atom. The lowest BCUT2D eigenvalue weighted by atomic mass is 10.2. The molecule has 0 fully saturated rings. The van der Waals surface area contributed by atoms with Gasteiger partial charge in [-0.1, -0.05) is 12.1 Å². The molecule has 0 bridgehead atoms. The Bertz CT molecular complexity index is 1080. The third kappa shape index (κ3) is 1.79. The summed E-state index contributed by atoms with van der Waals surface area (Å²) >= 11 is 0. The molecule has 0 saturated heterocycles. The van der Waals surface area contributed by atoms with Crippen LogP contribution in [-0.4, -0.2) is 29.4 Å². The minimum absolute atomic E-state index is 0.231. The van der Waals surface area contributed by atoms with Crippen LogP contribution >= 0.6 is 0 Å². The molecule has 0 unspecified atom stereocenters. The molecule has 7 heteroatoms. The van der Waals surface area contributed by atoms with Crippen LogP contribution in [0.2, 0.25) is 0 Å². The molecule has 0 aliphatic heterocycles. The maximum Gasteiger partial charge on any atom is 0.285 e. The topological polar surface area (TPSA) is 78.0 Å². The van der Waals surface area contributed by atoms with E-state index in [0.29, 0.717) is 17.1 Å². The van der Waals surface area contributed by atoms with E-state index in [4.69, 9.17) is 0 Å². The highest BCUT2D eigenvalue weighted by Gasteiger charge is 2.12. The van der Waals surface area contributed by atoms with Gasteiger partial charge in [0.15, 0.2) is 5.52 Å². The maximum atomic E-state index is 12.7. The number of benzene rings is 1. The average molecular weight is 292 g/mol. The number of hydrogen-bond donors (Lipinski definition) is 0. The fourth-order valence-corrected chi connectivity index (χ4v) is 2.49. The van der Waals surface area contributed by atoms with E-state index < -0.39 is 0 Å². The van der Waals surface area contributed by atoms with Gasteiger partial charge >= 0.3 is 0 Å². The van der Waals surface area contributed by atoms with Gasteiger partial charge < -0.3 is 0 Å². The summed E-state index contributed by atoms with van der Waals surface area (Å²) in [6.45, 7) is 3.76. The lowest BCUT2D eigenvalue weighted by Gasteiger charge is -2.07. The molecular formula is C15H12N6O. The molecule has 7 nitrogen and oxygen atoms in total. The molecule has 0 amide bonds. The van der Waals surface area contributed by atoms with Crippen LogP contribution in [0.1, 0.15) is 11.4 Å². The zero-order valence-corrected chi connectivity index (χ0v) is 12.1. The van der Waals surface area contributed by atoms with Crippen molar-refractivity contribution in [3.8, 4) is 5.69 Å². The molecule has 0 radical (unpaired) electrons. The number of nitrogens with zero attached hydrogens (tertiary/aromatic N) is 6. The lowest BCUT2D eigenvalue weighted by Crippen LogP contribution is -2.20. The van der Waals surface area contributed by atoms with Crippen molar-refractivity contribution in [3.05, 3.63) is 58.3 Å². The third-order valence-corrected chi connectivity index (χ3v) is 3.49. The minimum atomic E-state index is -0.231. The van der Waals surface area contributed by atoms with Gasteiger partial charge in [-0.2, -0.15) is 9.50 Å². The van der Waals surface area contributed by atoms with E-state index >= 15 is 0 Å². The van der Waals surface area contributed by atoms with Crippen LogP contribution in [0.3, 0.4) is 0 Å². The average Bonchev–Trinajstić information content (AvgIpc) is 2.88. The molecule has 22 heavy (non-hydrogen) atoms. The molecule has 4 rings (SSSR count). The summed E-state index contributed by atoms with van der Waals surface area (Å²) < 4.78 is 3.10. The summed E-state index contributed by atoms with van der Waals surface area (Å²) in [6, 6.07) is 9.52. The van der Waals surface area contributed by atoms with Crippen LogP contribution in [0, 0.1) is 13.8 Å². The number of pyridine rings is 1. The highest BCUT2D eigenvalue weighted by Crippen LogP contribution is 2.12. The van der Waals surface area contributed by atoms with Crippen molar-refractivity contribution in [2.45, 2.75) is 13.8 Å². The Balaban J connectivity index is 2.06. The molecule has 0 aliphatic carbocycles. The minimum Gasteiger partial charge on any atom is -0.282 e. The van der Waals surface area contributed by atoms with Gasteiger partial charge in [-0.25, -0.2) is 0 Å². The quantitative estimate of drug-likeness (QED) is 0.530. The number of rotatable bonds is 1. The lowest BCUT2D eigenvalue weighted by molar-refractivity contribution is 0.905. The molecule has 4 aromatic rings. The molecule has 0 spiro atoms. The van der Waals surface area contributed by atoms with Gasteiger partial charge in [0.1, 0.15) is 11.3 Å². The van der Waals surface area contributed by atoms with Crippen LogP contribution < -0.4 is 5.56 Å². The number of aryl methyl sites for hydroxylation is 2. The first kappa shape index (κ1) is 12.6. The molecular weight excluding hydrogens is 280 g/mol. The van der Waals surface area contributed by atoms with E-state index in [1.807, 2.05) is 31.2 Å². The van der Waals surface area contributed by atoms with Crippen LogP contribution in [0.15, 0.2) is 41.3 Å². The van der Waals surface area contributed by atoms with E-state index in [1.165, 1.54) is 0 Å². The summed E-state index contributed by atoms with van der Waals surface area (Å²) in [5, 5.41) is 12.2. The van der Waals surface area contributed by atoms with Gasteiger partial charge in [-0.05, 0) is 37.6 Å². The molecule has 108 valence electrons. The first-order valence-electron chi connectivity index (χ1n) is 6.82. The fourth-order valence-electron chi connectivity index (χ4n) is 2.49. The summed E-state index contributed by atoms with van der Waals surface area (Å²) in [5.74, 6) is 0.974. The smallest absolute Gasteiger partial charge is 0.282 e. The fraction of sp³-hybridized carbons (Fsp3) is 0.133. The molecule has 0 atom stereocenters. The SMILES string of the molecule is Cc1cccc(-n2ccc3c(nnc4nc(C)nn43)c2=O)c1. The van der Waals surface area contributed by atoms with E-state index in [-0.39, 0.29) is 11.1 Å². The Morgan fingerprint density at radius 1 is 1.09 bits per heavy atom. The molecule has 0 saturated carbocycles. The zero-order chi connectivity index (χ0) is 15.3. The number of aromatic nitrogens is 6. The second-order valence-corrected chi connectivity index (χ2v) is 5.13.